The number of hydrogen-bond acceptors (Lipinski definition) is 8. The van der Waals surface area contributed by atoms with Crippen molar-refractivity contribution in [1.29, 1.82) is 0 Å². The Hall–Kier alpha value is -2.17. The zero-order valence-electron chi connectivity index (χ0n) is 28.9. The Bertz CT molecular complexity index is 1590. The molecule has 0 N–H and O–H groups in total. The van der Waals surface area contributed by atoms with E-state index in [9.17, 15) is 26.4 Å². The Kier molecular flexibility index (Phi) is 11.4. The second kappa shape index (κ2) is 15.2. The highest BCUT2D eigenvalue weighted by Crippen LogP contribution is 2.40. The molecule has 0 radical (unpaired) electrons. The molecule has 272 valence electrons. The Morgan fingerprint density at radius 1 is 0.980 bits per heavy atom. The fraction of sp³-hybridized carbons (Fsp3) is 0.706. The van der Waals surface area contributed by atoms with Crippen LogP contribution in [-0.2, 0) is 40.5 Å². The van der Waals surface area contributed by atoms with E-state index in [1.807, 2.05) is 4.68 Å². The minimum atomic E-state index is -4.49. The maximum atomic E-state index is 14.2. The molecule has 4 aliphatic heterocycles. The van der Waals surface area contributed by atoms with Gasteiger partial charge in [0.2, 0.25) is 15.9 Å². The monoisotopic (exact) mass is 725 g/mol. The van der Waals surface area contributed by atoms with Gasteiger partial charge in [0.1, 0.15) is 0 Å². The van der Waals surface area contributed by atoms with Crippen LogP contribution in [0, 0.1) is 0 Å². The zero-order chi connectivity index (χ0) is 34.9. The van der Waals surface area contributed by atoms with Crippen molar-refractivity contribution >= 4 is 27.7 Å². The summed E-state index contributed by atoms with van der Waals surface area (Å²) in [6, 6.07) is 5.04. The molecular formula is C34H50F3N7O3S2. The lowest BCUT2D eigenvalue weighted by molar-refractivity contribution is -0.139. The topological polar surface area (TPSA) is 85.2 Å². The number of carbonyl (C=O) groups excluding carboxylic acids is 1. The fourth-order valence-corrected chi connectivity index (χ4v) is 9.77. The first kappa shape index (κ1) is 36.6. The summed E-state index contributed by atoms with van der Waals surface area (Å²) in [6.45, 7) is 7.34. The molecule has 0 bridgehead atoms. The lowest BCUT2D eigenvalue weighted by atomic mass is 10.0. The van der Waals surface area contributed by atoms with E-state index < -0.39 is 21.8 Å². The number of aryl methyl sites for hydroxylation is 1. The van der Waals surface area contributed by atoms with Crippen molar-refractivity contribution in [3.8, 4) is 11.3 Å². The van der Waals surface area contributed by atoms with Gasteiger partial charge in [0, 0.05) is 105 Å². The lowest BCUT2D eigenvalue weighted by Crippen LogP contribution is -2.45. The average Bonchev–Trinajstić information content (AvgIpc) is 3.79. The first-order valence-corrected chi connectivity index (χ1v) is 20.4. The number of amides is 1. The predicted octanol–water partition coefficient (Wildman–Crippen LogP) is 4.09. The molecular weight excluding hydrogens is 676 g/mol. The van der Waals surface area contributed by atoms with Crippen LogP contribution in [0.2, 0.25) is 0 Å². The van der Waals surface area contributed by atoms with E-state index in [0.717, 1.165) is 88.7 Å². The summed E-state index contributed by atoms with van der Waals surface area (Å²) in [7, 11) is 0.654. The van der Waals surface area contributed by atoms with Crippen LogP contribution in [0.4, 0.5) is 13.2 Å². The number of aromatic nitrogens is 2. The quantitative estimate of drug-likeness (QED) is 0.303. The number of carbonyl (C=O) groups is 1. The molecule has 1 aromatic carbocycles. The Morgan fingerprint density at radius 3 is 2.39 bits per heavy atom. The number of rotatable bonds is 12. The van der Waals surface area contributed by atoms with Gasteiger partial charge < -0.3 is 19.6 Å². The Morgan fingerprint density at radius 2 is 1.73 bits per heavy atom. The summed E-state index contributed by atoms with van der Waals surface area (Å²) in [5, 5.41) is 4.96. The van der Waals surface area contributed by atoms with Gasteiger partial charge in [-0.15, -0.1) is 11.8 Å². The van der Waals surface area contributed by atoms with Gasteiger partial charge in [0.05, 0.1) is 17.5 Å². The number of likely N-dealkylation sites (N-methyl/N-ethyl adjacent to an activating group) is 1. The summed E-state index contributed by atoms with van der Waals surface area (Å²) >= 11 is 1.22. The molecule has 1 unspecified atom stereocenters. The molecule has 3 fully saturated rings. The van der Waals surface area contributed by atoms with Crippen LogP contribution < -0.4 is 0 Å². The maximum Gasteiger partial charge on any atom is 0.417 e. The van der Waals surface area contributed by atoms with E-state index >= 15 is 0 Å². The van der Waals surface area contributed by atoms with Crippen LogP contribution >= 0.6 is 11.8 Å². The number of benzene rings is 1. The van der Waals surface area contributed by atoms with Crippen LogP contribution in [-0.4, -0.2) is 139 Å². The number of hydrogen-bond donors (Lipinski definition) is 0. The number of thioether (sulfide) groups is 1. The van der Waals surface area contributed by atoms with Crippen molar-refractivity contribution in [2.75, 3.05) is 78.5 Å². The van der Waals surface area contributed by atoms with Gasteiger partial charge in [0.15, 0.2) is 0 Å². The molecule has 2 aromatic rings. The van der Waals surface area contributed by atoms with E-state index in [1.54, 1.807) is 6.07 Å². The normalized spacial score (nSPS) is 22.1. The predicted molar refractivity (Wildman–Crippen MR) is 186 cm³/mol. The van der Waals surface area contributed by atoms with E-state index in [1.165, 1.54) is 28.4 Å². The SMILES string of the molecule is CN(C)C1CCN(CCSc2cc(-c3nn(CCCN4CCC(N5CCCC5=O)CC4)c4c3CN(S(C)(=O)=O)CC4)ccc2C(F)(F)F)C1. The average molecular weight is 726 g/mol. The van der Waals surface area contributed by atoms with Crippen LogP contribution in [0.5, 0.6) is 0 Å². The van der Waals surface area contributed by atoms with Crippen molar-refractivity contribution in [3.63, 3.8) is 0 Å². The molecule has 0 saturated carbocycles. The highest BCUT2D eigenvalue weighted by molar-refractivity contribution is 7.99. The first-order valence-electron chi connectivity index (χ1n) is 17.6. The number of halogens is 3. The van der Waals surface area contributed by atoms with E-state index in [-0.39, 0.29) is 17.3 Å². The van der Waals surface area contributed by atoms with E-state index in [2.05, 4.69) is 33.7 Å². The second-order valence-electron chi connectivity index (χ2n) is 14.2. The lowest BCUT2D eigenvalue weighted by Gasteiger charge is -2.36. The number of alkyl halides is 3. The number of sulfonamides is 1. The van der Waals surface area contributed by atoms with E-state index in [4.69, 9.17) is 5.10 Å². The van der Waals surface area contributed by atoms with Crippen LogP contribution in [0.1, 0.15) is 55.3 Å². The molecule has 1 atom stereocenters. The van der Waals surface area contributed by atoms with Crippen LogP contribution in [0.25, 0.3) is 11.3 Å². The highest BCUT2D eigenvalue weighted by atomic mass is 32.2. The third-order valence-corrected chi connectivity index (χ3v) is 13.0. The smallest absolute Gasteiger partial charge is 0.340 e. The largest absolute Gasteiger partial charge is 0.417 e. The molecule has 1 aromatic heterocycles. The van der Waals surface area contributed by atoms with Crippen LogP contribution in [0.3, 0.4) is 0 Å². The number of piperidine rings is 1. The Labute approximate surface area is 293 Å². The fourth-order valence-electron chi connectivity index (χ4n) is 7.86. The number of nitrogens with zero attached hydrogens (tertiary/aromatic N) is 7. The number of likely N-dealkylation sites (tertiary alicyclic amines) is 3. The van der Waals surface area contributed by atoms with Crippen LogP contribution in [0.15, 0.2) is 23.1 Å². The standard InChI is InChI=1S/C34H50F3N7O3S2/c1-39(2)27-11-18-41(23-27)20-21-48-31-22-25(7-8-29(31)34(35,36)37)33-28-24-42(49(3,46)47)19-12-30(28)44(38-33)15-5-13-40-16-9-26(10-17-40)43-14-4-6-32(43)45/h7-8,22,26-27H,4-6,9-21,23-24H2,1-3H3. The van der Waals surface area contributed by atoms with E-state index in [0.29, 0.717) is 61.6 Å². The van der Waals surface area contributed by atoms with Gasteiger partial charge in [-0.25, -0.2) is 8.42 Å². The molecule has 4 aliphatic rings. The van der Waals surface area contributed by atoms with Gasteiger partial charge in [0.25, 0.3) is 0 Å². The van der Waals surface area contributed by atoms with Crippen molar-refractivity contribution in [3.05, 3.63) is 35.0 Å². The molecule has 6 rings (SSSR count). The second-order valence-corrected chi connectivity index (χ2v) is 17.3. The van der Waals surface area contributed by atoms with Crippen molar-refractivity contribution in [2.45, 2.75) is 81.2 Å². The van der Waals surface area contributed by atoms with Gasteiger partial charge >= 0.3 is 6.18 Å². The zero-order valence-corrected chi connectivity index (χ0v) is 30.6. The minimum absolute atomic E-state index is 0.151. The minimum Gasteiger partial charge on any atom is -0.340 e. The van der Waals surface area contributed by atoms with Gasteiger partial charge in [-0.2, -0.15) is 22.6 Å². The first-order chi connectivity index (χ1) is 23.3. The molecule has 0 aliphatic carbocycles. The van der Waals surface area contributed by atoms with Gasteiger partial charge in [-0.1, -0.05) is 6.07 Å². The molecule has 3 saturated heterocycles. The van der Waals surface area contributed by atoms with Gasteiger partial charge in [-0.05, 0) is 71.4 Å². The van der Waals surface area contributed by atoms with Crippen molar-refractivity contribution < 1.29 is 26.4 Å². The molecule has 15 heteroatoms. The third kappa shape index (κ3) is 8.66. The number of fused-ring (bicyclic) bond motifs is 1. The summed E-state index contributed by atoms with van der Waals surface area (Å²) in [6.07, 6.45) is 2.69. The summed E-state index contributed by atoms with van der Waals surface area (Å²) in [4.78, 5) is 21.4. The van der Waals surface area contributed by atoms with Gasteiger partial charge in [-0.3, -0.25) is 9.48 Å². The molecule has 5 heterocycles. The summed E-state index contributed by atoms with van der Waals surface area (Å²) in [5.74, 6) is 0.818. The molecule has 10 nitrogen and oxygen atoms in total. The van der Waals surface area contributed by atoms with Crippen molar-refractivity contribution in [2.24, 2.45) is 0 Å². The van der Waals surface area contributed by atoms with Crippen molar-refractivity contribution in [1.82, 2.24) is 33.7 Å². The molecule has 0 spiro atoms. The Balaban J connectivity index is 1.17. The summed E-state index contributed by atoms with van der Waals surface area (Å²) in [5.41, 5.74) is 2.21. The third-order valence-electron chi connectivity index (χ3n) is 10.7. The maximum absolute atomic E-state index is 14.2. The molecule has 1 amide bonds. The summed E-state index contributed by atoms with van der Waals surface area (Å²) < 4.78 is 71.0. The highest BCUT2D eigenvalue weighted by Gasteiger charge is 2.36. The molecule has 49 heavy (non-hydrogen) atoms.